The second kappa shape index (κ2) is 7.57. The number of nitrogens with one attached hydrogen (secondary N) is 1. The van der Waals surface area contributed by atoms with E-state index in [0.29, 0.717) is 19.1 Å². The molecule has 1 amide bonds. The number of rotatable bonds is 8. The highest BCUT2D eigenvalue weighted by Gasteiger charge is 2.38. The van der Waals surface area contributed by atoms with Crippen molar-refractivity contribution in [1.82, 2.24) is 5.32 Å². The highest BCUT2D eigenvalue weighted by Crippen LogP contribution is 2.26. The standard InChI is InChI=1S/C17H26N2O2/c1-2-19-17(16(18)20,15-10-4-3-5-11-15)13-21-12-14-8-6-7-9-14/h3-5,10-11,14,19H,2,6-9,12-13H2,1H3,(H2,18,20). The predicted molar refractivity (Wildman–Crippen MR) is 83.8 cm³/mol. The van der Waals surface area contributed by atoms with Gasteiger partial charge in [-0.25, -0.2) is 0 Å². The van der Waals surface area contributed by atoms with Gasteiger partial charge >= 0.3 is 0 Å². The molecule has 1 aromatic rings. The Morgan fingerprint density at radius 2 is 2.00 bits per heavy atom. The van der Waals surface area contributed by atoms with Gasteiger partial charge in [0.1, 0.15) is 5.54 Å². The largest absolute Gasteiger partial charge is 0.378 e. The molecule has 0 saturated heterocycles. The van der Waals surface area contributed by atoms with Crippen molar-refractivity contribution in [1.29, 1.82) is 0 Å². The maximum Gasteiger partial charge on any atom is 0.244 e. The van der Waals surface area contributed by atoms with Crippen LogP contribution in [0.5, 0.6) is 0 Å². The van der Waals surface area contributed by atoms with Gasteiger partial charge in [-0.15, -0.1) is 0 Å². The van der Waals surface area contributed by atoms with Gasteiger partial charge in [0.05, 0.1) is 6.61 Å². The van der Waals surface area contributed by atoms with Gasteiger partial charge in [0.2, 0.25) is 5.91 Å². The molecule has 1 aliphatic rings. The van der Waals surface area contributed by atoms with Crippen LogP contribution in [-0.2, 0) is 15.1 Å². The van der Waals surface area contributed by atoms with Crippen LogP contribution in [0.2, 0.25) is 0 Å². The Labute approximate surface area is 127 Å². The minimum Gasteiger partial charge on any atom is -0.378 e. The molecule has 116 valence electrons. The van der Waals surface area contributed by atoms with Crippen molar-refractivity contribution in [3.05, 3.63) is 35.9 Å². The lowest BCUT2D eigenvalue weighted by molar-refractivity contribution is -0.128. The summed E-state index contributed by atoms with van der Waals surface area (Å²) < 4.78 is 5.89. The van der Waals surface area contributed by atoms with Gasteiger partial charge in [-0.05, 0) is 30.9 Å². The zero-order chi connectivity index (χ0) is 15.1. The Morgan fingerprint density at radius 1 is 1.33 bits per heavy atom. The monoisotopic (exact) mass is 290 g/mol. The van der Waals surface area contributed by atoms with E-state index in [-0.39, 0.29) is 12.5 Å². The van der Waals surface area contributed by atoms with Crippen molar-refractivity contribution >= 4 is 5.91 Å². The third-order valence-corrected chi connectivity index (χ3v) is 4.31. The molecule has 4 nitrogen and oxygen atoms in total. The maximum atomic E-state index is 12.1. The summed E-state index contributed by atoms with van der Waals surface area (Å²) >= 11 is 0. The summed E-state index contributed by atoms with van der Waals surface area (Å²) in [6.45, 7) is 3.63. The molecule has 1 aromatic carbocycles. The van der Waals surface area contributed by atoms with Crippen molar-refractivity contribution in [3.63, 3.8) is 0 Å². The van der Waals surface area contributed by atoms with Gasteiger partial charge in [-0.1, -0.05) is 50.1 Å². The summed E-state index contributed by atoms with van der Waals surface area (Å²) in [5, 5.41) is 3.24. The highest BCUT2D eigenvalue weighted by molar-refractivity contribution is 5.86. The number of hydrogen-bond acceptors (Lipinski definition) is 3. The SMILES string of the molecule is CCNC(COCC1CCCC1)(C(N)=O)c1ccccc1. The first-order chi connectivity index (χ1) is 10.2. The molecule has 1 atom stereocenters. The number of amides is 1. The van der Waals surface area contributed by atoms with Gasteiger partial charge in [0, 0.05) is 6.61 Å². The molecule has 1 unspecified atom stereocenters. The summed E-state index contributed by atoms with van der Waals surface area (Å²) in [7, 11) is 0. The Balaban J connectivity index is 2.09. The second-order valence-electron chi connectivity index (χ2n) is 5.83. The fourth-order valence-corrected chi connectivity index (χ4v) is 3.12. The van der Waals surface area contributed by atoms with E-state index < -0.39 is 5.54 Å². The quantitative estimate of drug-likeness (QED) is 0.771. The molecule has 0 aromatic heterocycles. The van der Waals surface area contributed by atoms with Crippen molar-refractivity contribution < 1.29 is 9.53 Å². The number of likely N-dealkylation sites (N-methyl/N-ethyl adjacent to an activating group) is 1. The van der Waals surface area contributed by atoms with E-state index in [4.69, 9.17) is 10.5 Å². The van der Waals surface area contributed by atoms with Crippen LogP contribution in [0.3, 0.4) is 0 Å². The van der Waals surface area contributed by atoms with Crippen LogP contribution in [-0.4, -0.2) is 25.7 Å². The average Bonchev–Trinajstić information content (AvgIpc) is 3.00. The first kappa shape index (κ1) is 16.0. The zero-order valence-electron chi connectivity index (χ0n) is 12.8. The van der Waals surface area contributed by atoms with Crippen LogP contribution in [0.25, 0.3) is 0 Å². The van der Waals surface area contributed by atoms with E-state index in [1.165, 1.54) is 25.7 Å². The number of hydrogen-bond donors (Lipinski definition) is 2. The summed E-state index contributed by atoms with van der Waals surface area (Å²) in [6, 6.07) is 9.61. The van der Waals surface area contributed by atoms with Gasteiger partial charge in [-0.2, -0.15) is 0 Å². The maximum absolute atomic E-state index is 12.1. The Morgan fingerprint density at radius 3 is 2.57 bits per heavy atom. The molecular formula is C17H26N2O2. The normalized spacial score (nSPS) is 18.5. The van der Waals surface area contributed by atoms with Crippen LogP contribution in [0, 0.1) is 5.92 Å². The van der Waals surface area contributed by atoms with Crippen LogP contribution < -0.4 is 11.1 Å². The van der Waals surface area contributed by atoms with Crippen molar-refractivity contribution in [2.24, 2.45) is 11.7 Å². The Hall–Kier alpha value is -1.39. The topological polar surface area (TPSA) is 64.3 Å². The predicted octanol–water partition coefficient (Wildman–Crippen LogP) is 2.18. The van der Waals surface area contributed by atoms with Crippen LogP contribution >= 0.6 is 0 Å². The van der Waals surface area contributed by atoms with E-state index in [1.807, 2.05) is 37.3 Å². The van der Waals surface area contributed by atoms with E-state index in [1.54, 1.807) is 0 Å². The van der Waals surface area contributed by atoms with Crippen molar-refractivity contribution in [2.45, 2.75) is 38.1 Å². The van der Waals surface area contributed by atoms with Crippen molar-refractivity contribution in [2.75, 3.05) is 19.8 Å². The third kappa shape index (κ3) is 3.83. The number of nitrogens with two attached hydrogens (primary N) is 1. The molecule has 0 radical (unpaired) electrons. The first-order valence-electron chi connectivity index (χ1n) is 7.87. The molecule has 1 fully saturated rings. The van der Waals surface area contributed by atoms with E-state index in [9.17, 15) is 4.79 Å². The Bertz CT molecular complexity index is 443. The molecule has 3 N–H and O–H groups in total. The van der Waals surface area contributed by atoms with Crippen LogP contribution in [0.1, 0.15) is 38.2 Å². The molecule has 0 bridgehead atoms. The summed E-state index contributed by atoms with van der Waals surface area (Å²) in [5.74, 6) is 0.245. The van der Waals surface area contributed by atoms with E-state index in [0.717, 1.165) is 5.56 Å². The fourth-order valence-electron chi connectivity index (χ4n) is 3.12. The number of primary amides is 1. The summed E-state index contributed by atoms with van der Waals surface area (Å²) in [4.78, 5) is 12.1. The molecule has 1 saturated carbocycles. The highest BCUT2D eigenvalue weighted by atomic mass is 16.5. The lowest BCUT2D eigenvalue weighted by atomic mass is 9.89. The van der Waals surface area contributed by atoms with E-state index in [2.05, 4.69) is 5.32 Å². The number of carbonyl (C=O) groups excluding carboxylic acids is 1. The van der Waals surface area contributed by atoms with E-state index >= 15 is 0 Å². The lowest BCUT2D eigenvalue weighted by Gasteiger charge is -2.32. The van der Waals surface area contributed by atoms with Gasteiger partial charge in [0.25, 0.3) is 0 Å². The molecule has 21 heavy (non-hydrogen) atoms. The number of ether oxygens (including phenoxy) is 1. The molecule has 1 aliphatic carbocycles. The molecule has 0 spiro atoms. The third-order valence-electron chi connectivity index (χ3n) is 4.31. The van der Waals surface area contributed by atoms with Crippen molar-refractivity contribution in [3.8, 4) is 0 Å². The minimum absolute atomic E-state index is 0.288. The number of benzene rings is 1. The zero-order valence-corrected chi connectivity index (χ0v) is 12.8. The van der Waals surface area contributed by atoms with Gasteiger partial charge < -0.3 is 10.5 Å². The number of carbonyl (C=O) groups is 1. The van der Waals surface area contributed by atoms with Crippen LogP contribution in [0.4, 0.5) is 0 Å². The molecular weight excluding hydrogens is 264 g/mol. The fraction of sp³-hybridized carbons (Fsp3) is 0.588. The smallest absolute Gasteiger partial charge is 0.244 e. The Kier molecular flexibility index (Phi) is 5.76. The van der Waals surface area contributed by atoms with Crippen LogP contribution in [0.15, 0.2) is 30.3 Å². The molecule has 2 rings (SSSR count). The molecule has 4 heteroatoms. The summed E-state index contributed by atoms with van der Waals surface area (Å²) in [6.07, 6.45) is 5.05. The average molecular weight is 290 g/mol. The summed E-state index contributed by atoms with van der Waals surface area (Å²) in [5.41, 5.74) is 5.63. The lowest BCUT2D eigenvalue weighted by Crippen LogP contribution is -2.56. The minimum atomic E-state index is -0.936. The van der Waals surface area contributed by atoms with Gasteiger partial charge in [0.15, 0.2) is 0 Å². The second-order valence-corrected chi connectivity index (χ2v) is 5.83. The molecule has 0 aliphatic heterocycles. The van der Waals surface area contributed by atoms with Gasteiger partial charge in [-0.3, -0.25) is 10.1 Å². The first-order valence-corrected chi connectivity index (χ1v) is 7.87. The molecule has 0 heterocycles.